The number of phosphoric acid groups is 1. The normalized spacial score (nSPS) is 14.2. The van der Waals surface area contributed by atoms with Gasteiger partial charge in [-0.3, -0.25) is 14.2 Å². The third-order valence-electron chi connectivity index (χ3n) is 9.11. The molecule has 0 aromatic rings. The van der Waals surface area contributed by atoms with Crippen molar-refractivity contribution in [1.29, 1.82) is 0 Å². The zero-order chi connectivity index (χ0) is 41.4. The summed E-state index contributed by atoms with van der Waals surface area (Å²) in [6, 6.07) is -1.43. The van der Waals surface area contributed by atoms with Crippen LogP contribution in [0.4, 0.5) is 0 Å². The van der Waals surface area contributed by atoms with Crippen molar-refractivity contribution in [2.24, 2.45) is 0 Å². The highest BCUT2D eigenvalue weighted by molar-refractivity contribution is 7.45. The Morgan fingerprint density at radius 3 is 1.46 bits per heavy atom. The van der Waals surface area contributed by atoms with Crippen molar-refractivity contribution >= 4 is 25.7 Å². The van der Waals surface area contributed by atoms with E-state index < -0.39 is 57.7 Å². The van der Waals surface area contributed by atoms with E-state index in [-0.39, 0.29) is 12.8 Å². The zero-order valence-electron chi connectivity index (χ0n) is 35.0. The number of hydrogen-bond acceptors (Lipinski definition) is 10. The second-order valence-electron chi connectivity index (χ2n) is 14.5. The molecule has 0 aliphatic heterocycles. The van der Waals surface area contributed by atoms with Crippen LogP contribution in [0.3, 0.4) is 0 Å². The molecular formula is C44H77NO10P-. The molecule has 0 heterocycles. The molecule has 3 N–H and O–H groups in total. The van der Waals surface area contributed by atoms with Gasteiger partial charge in [0.15, 0.2) is 6.10 Å². The smallest absolute Gasteiger partial charge is 0.306 e. The van der Waals surface area contributed by atoms with E-state index in [9.17, 15) is 28.9 Å². The van der Waals surface area contributed by atoms with E-state index in [1.54, 1.807) is 0 Å². The van der Waals surface area contributed by atoms with Gasteiger partial charge < -0.3 is 39.0 Å². The Kier molecular flexibility index (Phi) is 37.5. The number of allylic oxidation sites excluding steroid dienone is 8. The second kappa shape index (κ2) is 39.3. The molecule has 0 bridgehead atoms. The molecule has 11 nitrogen and oxygen atoms in total. The van der Waals surface area contributed by atoms with Crippen LogP contribution in [0, 0.1) is 0 Å². The number of rotatable bonds is 40. The third-order valence-corrected chi connectivity index (χ3v) is 10.0. The molecule has 1 unspecified atom stereocenters. The zero-order valence-corrected chi connectivity index (χ0v) is 35.9. The predicted octanol–water partition coefficient (Wildman–Crippen LogP) is 8.71. The summed E-state index contributed by atoms with van der Waals surface area (Å²) >= 11 is 0. The van der Waals surface area contributed by atoms with E-state index in [4.69, 9.17) is 14.0 Å². The number of carboxylic acids is 1. The van der Waals surface area contributed by atoms with Crippen LogP contribution >= 0.6 is 7.82 Å². The minimum absolute atomic E-state index is 0.0714. The minimum Gasteiger partial charge on any atom is -0.756 e. The van der Waals surface area contributed by atoms with Gasteiger partial charge in [-0.05, 0) is 51.4 Å². The topological polar surface area (TPSA) is 179 Å². The van der Waals surface area contributed by atoms with E-state index in [0.717, 1.165) is 44.9 Å². The Bertz CT molecular complexity index is 1140. The molecule has 0 rings (SSSR count). The van der Waals surface area contributed by atoms with Crippen LogP contribution in [0.5, 0.6) is 0 Å². The molecule has 0 amide bonds. The number of phosphoric ester groups is 1. The van der Waals surface area contributed by atoms with Gasteiger partial charge in [-0.15, -0.1) is 0 Å². The van der Waals surface area contributed by atoms with Crippen LogP contribution in [0.1, 0.15) is 181 Å². The number of hydrogen-bond donors (Lipinski definition) is 1. The van der Waals surface area contributed by atoms with E-state index in [0.29, 0.717) is 19.3 Å². The lowest BCUT2D eigenvalue weighted by Gasteiger charge is -2.26. The van der Waals surface area contributed by atoms with Crippen molar-refractivity contribution in [3.05, 3.63) is 48.6 Å². The molecule has 0 spiro atoms. The standard InChI is InChI=1S/C44H78NO10P/c1-3-5-7-9-11-13-15-17-19-20-22-24-26-28-30-32-34-36-43(47)55-40(38-53-56(50,51)54-39-41(45)44(48)49)37-52-42(46)35-33-31-29-27-25-23-21-18-16-14-12-10-8-6-4-2/h11,13,17,19,22,24,28,30,40-41H,3-10,12,14-16,18,20-21,23,25-27,29,31-39,45H2,1-2H3,(H,48,49)(H,50,51)/p-1/b13-11-,19-17-,24-22-,30-28-/t40-,41+/m1/s1. The van der Waals surface area contributed by atoms with E-state index in [1.807, 2.05) is 12.2 Å². The number of esters is 2. The second-order valence-corrected chi connectivity index (χ2v) is 15.9. The highest BCUT2D eigenvalue weighted by Crippen LogP contribution is 2.38. The Morgan fingerprint density at radius 1 is 0.554 bits per heavy atom. The lowest BCUT2D eigenvalue weighted by atomic mass is 10.0. The Balaban J connectivity index is 4.46. The van der Waals surface area contributed by atoms with Gasteiger partial charge in [0.1, 0.15) is 25.2 Å². The number of ether oxygens (including phenoxy) is 2. The van der Waals surface area contributed by atoms with Gasteiger partial charge in [-0.1, -0.05) is 165 Å². The number of aliphatic carboxylic acids is 1. The van der Waals surface area contributed by atoms with Crippen LogP contribution in [0.2, 0.25) is 0 Å². The molecule has 0 saturated carbocycles. The van der Waals surface area contributed by atoms with Crippen molar-refractivity contribution in [3.63, 3.8) is 0 Å². The van der Waals surface area contributed by atoms with E-state index in [2.05, 4.69) is 60.6 Å². The summed E-state index contributed by atoms with van der Waals surface area (Å²) in [5.74, 6) is -2.65. The number of quaternary nitrogens is 1. The maximum absolute atomic E-state index is 12.6. The number of carboxylic acid groups (broad SMARTS) is 1. The van der Waals surface area contributed by atoms with Gasteiger partial charge >= 0.3 is 11.9 Å². The summed E-state index contributed by atoms with van der Waals surface area (Å²) in [6.45, 7) is 2.62. The first-order valence-corrected chi connectivity index (χ1v) is 23.2. The molecular weight excluding hydrogens is 733 g/mol. The van der Waals surface area contributed by atoms with E-state index in [1.165, 1.54) is 89.9 Å². The molecule has 0 radical (unpaired) electrons. The molecule has 0 aromatic carbocycles. The summed E-state index contributed by atoms with van der Waals surface area (Å²) in [5, 5.41) is 10.8. The molecule has 3 atom stereocenters. The molecule has 0 aliphatic carbocycles. The fraction of sp³-hybridized carbons (Fsp3) is 0.750. The Hall–Kier alpha value is -2.56. The molecule has 56 heavy (non-hydrogen) atoms. The van der Waals surface area contributed by atoms with Crippen molar-refractivity contribution in [3.8, 4) is 0 Å². The van der Waals surface area contributed by atoms with Crippen LogP contribution in [-0.2, 0) is 37.5 Å². The highest BCUT2D eigenvalue weighted by atomic mass is 31.2. The average Bonchev–Trinajstić information content (AvgIpc) is 3.17. The number of unbranched alkanes of at least 4 members (excludes halogenated alkanes) is 18. The lowest BCUT2D eigenvalue weighted by molar-refractivity contribution is -0.441. The van der Waals surface area contributed by atoms with Crippen LogP contribution in [-0.4, -0.2) is 49.9 Å². The van der Waals surface area contributed by atoms with Crippen molar-refractivity contribution in [2.45, 2.75) is 193 Å². The first-order valence-electron chi connectivity index (χ1n) is 21.7. The van der Waals surface area contributed by atoms with Crippen LogP contribution < -0.4 is 15.7 Å². The molecule has 324 valence electrons. The fourth-order valence-corrected chi connectivity index (χ4v) is 6.43. The predicted molar refractivity (Wildman–Crippen MR) is 220 cm³/mol. The Morgan fingerprint density at radius 2 is 0.964 bits per heavy atom. The Labute approximate surface area is 339 Å². The lowest BCUT2D eigenvalue weighted by Crippen LogP contribution is -2.70. The minimum atomic E-state index is -4.97. The van der Waals surface area contributed by atoms with Gasteiger partial charge in [-0.2, -0.15) is 0 Å². The SMILES string of the molecule is CCCCC/C=C\C/C=C\C/C=C\C/C=C\CCCC(=O)O[C@H](COC(=O)CCCCCCCCCCCCCCCCC)COP(=O)([O-])OC[C@H]([NH3+])C(=O)[O-]. The fourth-order valence-electron chi connectivity index (χ4n) is 5.65. The van der Waals surface area contributed by atoms with Gasteiger partial charge in [0.05, 0.1) is 6.61 Å². The monoisotopic (exact) mass is 811 g/mol. The largest absolute Gasteiger partial charge is 0.756 e. The van der Waals surface area contributed by atoms with Crippen molar-refractivity contribution in [1.82, 2.24) is 0 Å². The quantitative estimate of drug-likeness (QED) is 0.0272. The van der Waals surface area contributed by atoms with Gasteiger partial charge in [0, 0.05) is 12.8 Å². The van der Waals surface area contributed by atoms with Gasteiger partial charge in [-0.25, -0.2) is 0 Å². The average molecular weight is 811 g/mol. The van der Waals surface area contributed by atoms with Crippen molar-refractivity contribution in [2.75, 3.05) is 19.8 Å². The molecule has 0 fully saturated rings. The van der Waals surface area contributed by atoms with Gasteiger partial charge in [0.2, 0.25) is 0 Å². The molecule has 0 aliphatic rings. The van der Waals surface area contributed by atoms with Gasteiger partial charge in [0.25, 0.3) is 7.82 Å². The first-order chi connectivity index (χ1) is 27.1. The maximum atomic E-state index is 12.6. The third kappa shape index (κ3) is 38.3. The number of carbonyl (C=O) groups is 3. The van der Waals surface area contributed by atoms with E-state index >= 15 is 0 Å². The highest BCUT2D eigenvalue weighted by Gasteiger charge is 2.22. The number of carbonyl (C=O) groups excluding carboxylic acids is 3. The van der Waals surface area contributed by atoms with Crippen molar-refractivity contribution < 1.29 is 53.2 Å². The first kappa shape index (κ1) is 53.4. The summed E-state index contributed by atoms with van der Waals surface area (Å²) < 4.78 is 32.3. The summed E-state index contributed by atoms with van der Waals surface area (Å²) in [7, 11) is -4.97. The van der Waals surface area contributed by atoms with Crippen LogP contribution in [0.15, 0.2) is 48.6 Å². The summed E-state index contributed by atoms with van der Waals surface area (Å²) in [4.78, 5) is 48.0. The molecule has 0 saturated heterocycles. The molecule has 0 aromatic heterocycles. The molecule has 12 heteroatoms. The summed E-state index contributed by atoms with van der Waals surface area (Å²) in [5.41, 5.74) is 3.24. The van der Waals surface area contributed by atoms with Crippen LogP contribution in [0.25, 0.3) is 0 Å². The summed E-state index contributed by atoms with van der Waals surface area (Å²) in [6.07, 6.45) is 43.0. The maximum Gasteiger partial charge on any atom is 0.306 e.